The van der Waals surface area contributed by atoms with Crippen molar-refractivity contribution in [1.29, 1.82) is 0 Å². The highest BCUT2D eigenvalue weighted by atomic mass is 16.5. The van der Waals surface area contributed by atoms with Gasteiger partial charge in [0.25, 0.3) is 0 Å². The Bertz CT molecular complexity index is 1280. The highest BCUT2D eigenvalue weighted by Gasteiger charge is 2.23. The number of nitrogens with two attached hydrogens (primary N) is 3. The fraction of sp³-hybridized carbons (Fsp3) is 0.120. The molecule has 7 heteroatoms. The van der Waals surface area contributed by atoms with Gasteiger partial charge in [0.1, 0.15) is 23.7 Å². The smallest absolute Gasteiger partial charge is 0.217 e. The number of carbonyl (C=O) groups is 2. The monoisotopic (exact) mass is 429 g/mol. The Morgan fingerprint density at radius 2 is 1.62 bits per heavy atom. The van der Waals surface area contributed by atoms with Crippen molar-refractivity contribution in [3.63, 3.8) is 0 Å². The van der Waals surface area contributed by atoms with Crippen LogP contribution in [0.25, 0.3) is 11.0 Å². The average Bonchev–Trinajstić information content (AvgIpc) is 3.13. The summed E-state index contributed by atoms with van der Waals surface area (Å²) in [4.78, 5) is 24.7. The number of benzene rings is 3. The van der Waals surface area contributed by atoms with Gasteiger partial charge in [0, 0.05) is 41.2 Å². The molecule has 0 aliphatic rings. The van der Waals surface area contributed by atoms with Gasteiger partial charge in [-0.05, 0) is 35.9 Å². The third-order valence-corrected chi connectivity index (χ3v) is 5.05. The Kier molecular flexibility index (Phi) is 5.81. The van der Waals surface area contributed by atoms with Crippen LogP contribution in [0.1, 0.15) is 33.7 Å². The summed E-state index contributed by atoms with van der Waals surface area (Å²) < 4.78 is 11.8. The standard InChI is InChI=1S/C25H23N3O4/c26-17-10-16(11-18(27)12-17)25(30)24-20-7-6-19(31-14-15-4-2-1-3-5-15)13-22(20)32-21(24)8-9-23(28)29/h1-7,10-13H,8-9,14,26-27H2,(H2,28,29). The first-order chi connectivity index (χ1) is 15.4. The van der Waals surface area contributed by atoms with Crippen LogP contribution in [0.4, 0.5) is 11.4 Å². The molecule has 0 radical (unpaired) electrons. The molecule has 7 nitrogen and oxygen atoms in total. The van der Waals surface area contributed by atoms with E-state index in [9.17, 15) is 9.59 Å². The molecular weight excluding hydrogens is 406 g/mol. The van der Waals surface area contributed by atoms with Crippen molar-refractivity contribution in [1.82, 2.24) is 0 Å². The topological polar surface area (TPSA) is 135 Å². The van der Waals surface area contributed by atoms with Gasteiger partial charge in [-0.1, -0.05) is 30.3 Å². The second-order valence-corrected chi connectivity index (χ2v) is 7.52. The SMILES string of the molecule is NC(=O)CCc1oc2cc(OCc3ccccc3)ccc2c1C(=O)c1cc(N)cc(N)c1. The van der Waals surface area contributed by atoms with E-state index < -0.39 is 5.91 Å². The van der Waals surface area contributed by atoms with Crippen LogP contribution < -0.4 is 21.9 Å². The van der Waals surface area contributed by atoms with E-state index in [1.54, 1.807) is 36.4 Å². The molecule has 4 rings (SSSR count). The van der Waals surface area contributed by atoms with Crippen molar-refractivity contribution >= 4 is 34.0 Å². The number of carbonyl (C=O) groups excluding carboxylic acids is 2. The number of furan rings is 1. The van der Waals surface area contributed by atoms with E-state index in [-0.39, 0.29) is 18.6 Å². The minimum atomic E-state index is -0.482. The van der Waals surface area contributed by atoms with Crippen LogP contribution in [0, 0.1) is 0 Å². The van der Waals surface area contributed by atoms with Crippen LogP contribution in [0.5, 0.6) is 5.75 Å². The molecule has 1 heterocycles. The normalized spacial score (nSPS) is 10.9. The lowest BCUT2D eigenvalue weighted by atomic mass is 9.97. The molecule has 4 aromatic rings. The molecular formula is C25H23N3O4. The van der Waals surface area contributed by atoms with Gasteiger partial charge < -0.3 is 26.4 Å². The van der Waals surface area contributed by atoms with Gasteiger partial charge in [-0.2, -0.15) is 0 Å². The molecule has 1 amide bonds. The van der Waals surface area contributed by atoms with E-state index in [0.717, 1.165) is 5.56 Å². The summed E-state index contributed by atoms with van der Waals surface area (Å²) in [6.45, 7) is 0.399. The minimum Gasteiger partial charge on any atom is -0.489 e. The Morgan fingerprint density at radius 1 is 0.906 bits per heavy atom. The van der Waals surface area contributed by atoms with E-state index in [1.165, 1.54) is 0 Å². The predicted octanol–water partition coefficient (Wildman–Crippen LogP) is 3.83. The number of hydrogen-bond acceptors (Lipinski definition) is 6. The average molecular weight is 429 g/mol. The number of primary amides is 1. The summed E-state index contributed by atoms with van der Waals surface area (Å²) >= 11 is 0. The highest BCUT2D eigenvalue weighted by molar-refractivity contribution is 6.17. The van der Waals surface area contributed by atoms with E-state index in [0.29, 0.717) is 51.6 Å². The number of nitrogen functional groups attached to an aromatic ring is 2. The third-order valence-electron chi connectivity index (χ3n) is 5.05. The molecule has 0 fully saturated rings. The second kappa shape index (κ2) is 8.85. The van der Waals surface area contributed by atoms with Gasteiger partial charge in [-0.25, -0.2) is 0 Å². The van der Waals surface area contributed by atoms with E-state index in [4.69, 9.17) is 26.4 Å². The maximum Gasteiger partial charge on any atom is 0.217 e. The van der Waals surface area contributed by atoms with E-state index >= 15 is 0 Å². The molecule has 0 bridgehead atoms. The van der Waals surface area contributed by atoms with Crippen molar-refractivity contribution in [3.05, 3.63) is 89.2 Å². The molecule has 32 heavy (non-hydrogen) atoms. The number of amides is 1. The van der Waals surface area contributed by atoms with Crippen LogP contribution >= 0.6 is 0 Å². The molecule has 6 N–H and O–H groups in total. The Hall–Kier alpha value is -4.26. The number of ketones is 1. The number of rotatable bonds is 8. The van der Waals surface area contributed by atoms with Crippen molar-refractivity contribution in [2.75, 3.05) is 11.5 Å². The van der Waals surface area contributed by atoms with Crippen LogP contribution in [0.15, 0.2) is 71.1 Å². The predicted molar refractivity (Wildman–Crippen MR) is 123 cm³/mol. The van der Waals surface area contributed by atoms with Gasteiger partial charge in [-0.15, -0.1) is 0 Å². The zero-order valence-electron chi connectivity index (χ0n) is 17.3. The lowest BCUT2D eigenvalue weighted by Gasteiger charge is -2.07. The summed E-state index contributed by atoms with van der Waals surface area (Å²) in [6.07, 6.45) is 0.250. The number of anilines is 2. The molecule has 162 valence electrons. The lowest BCUT2D eigenvalue weighted by Crippen LogP contribution is -2.12. The van der Waals surface area contributed by atoms with Crippen LogP contribution in [-0.2, 0) is 17.8 Å². The molecule has 0 atom stereocenters. The Balaban J connectivity index is 1.71. The number of ether oxygens (including phenoxy) is 1. The molecule has 1 aromatic heterocycles. The highest BCUT2D eigenvalue weighted by Crippen LogP contribution is 2.32. The molecule has 0 aliphatic heterocycles. The van der Waals surface area contributed by atoms with Crippen molar-refractivity contribution in [2.45, 2.75) is 19.4 Å². The lowest BCUT2D eigenvalue weighted by molar-refractivity contribution is -0.118. The second-order valence-electron chi connectivity index (χ2n) is 7.52. The van der Waals surface area contributed by atoms with Gasteiger partial charge in [0.05, 0.1) is 5.56 Å². The summed E-state index contributed by atoms with van der Waals surface area (Å²) in [6, 6.07) is 19.8. The molecule has 0 spiro atoms. The molecule has 0 saturated carbocycles. The summed E-state index contributed by atoms with van der Waals surface area (Å²) in [5, 5.41) is 0.613. The third kappa shape index (κ3) is 4.57. The van der Waals surface area contributed by atoms with Crippen molar-refractivity contribution in [3.8, 4) is 5.75 Å². The van der Waals surface area contributed by atoms with E-state index in [1.807, 2.05) is 30.3 Å². The largest absolute Gasteiger partial charge is 0.489 e. The van der Waals surface area contributed by atoms with Crippen LogP contribution in [0.2, 0.25) is 0 Å². The summed E-state index contributed by atoms with van der Waals surface area (Å²) in [5.41, 5.74) is 20.0. The van der Waals surface area contributed by atoms with Crippen molar-refractivity contribution < 1.29 is 18.7 Å². The number of fused-ring (bicyclic) bond motifs is 1. The number of hydrogen-bond donors (Lipinski definition) is 3. The summed E-state index contributed by atoms with van der Waals surface area (Å²) in [7, 11) is 0. The van der Waals surface area contributed by atoms with Crippen LogP contribution in [0.3, 0.4) is 0 Å². The van der Waals surface area contributed by atoms with Gasteiger partial charge in [-0.3, -0.25) is 9.59 Å². The first-order valence-corrected chi connectivity index (χ1v) is 10.1. The fourth-order valence-electron chi connectivity index (χ4n) is 3.57. The van der Waals surface area contributed by atoms with E-state index in [2.05, 4.69) is 0 Å². The summed E-state index contributed by atoms with van der Waals surface area (Å²) in [5.74, 6) is 0.206. The minimum absolute atomic E-state index is 0.0521. The van der Waals surface area contributed by atoms with Gasteiger partial charge in [0.15, 0.2) is 5.78 Å². The van der Waals surface area contributed by atoms with Gasteiger partial charge in [0.2, 0.25) is 5.91 Å². The zero-order valence-corrected chi connectivity index (χ0v) is 17.3. The maximum absolute atomic E-state index is 13.4. The van der Waals surface area contributed by atoms with Crippen molar-refractivity contribution in [2.24, 2.45) is 5.73 Å². The van der Waals surface area contributed by atoms with Crippen LogP contribution in [-0.4, -0.2) is 11.7 Å². The Morgan fingerprint density at radius 3 is 2.31 bits per heavy atom. The molecule has 0 saturated heterocycles. The zero-order chi connectivity index (χ0) is 22.7. The van der Waals surface area contributed by atoms with Gasteiger partial charge >= 0.3 is 0 Å². The fourth-order valence-corrected chi connectivity index (χ4v) is 3.57. The Labute approximate surface area is 184 Å². The molecule has 3 aromatic carbocycles. The number of aryl methyl sites for hydroxylation is 1. The quantitative estimate of drug-likeness (QED) is 0.288. The first kappa shape index (κ1) is 21.0. The maximum atomic E-state index is 13.4. The first-order valence-electron chi connectivity index (χ1n) is 10.1. The molecule has 0 aliphatic carbocycles. The molecule has 0 unspecified atom stereocenters.